The second-order valence-corrected chi connectivity index (χ2v) is 12.3. The van der Waals surface area contributed by atoms with E-state index < -0.39 is 31.4 Å². The van der Waals surface area contributed by atoms with Crippen LogP contribution < -0.4 is 0 Å². The monoisotopic (exact) mass is 488 g/mol. The molecule has 1 aliphatic carbocycles. The second-order valence-electron chi connectivity index (χ2n) is 7.53. The summed E-state index contributed by atoms with van der Waals surface area (Å²) in [6, 6.07) is 2.02. The Morgan fingerprint density at radius 3 is 2.47 bits per heavy atom. The third kappa shape index (κ3) is 4.08. The van der Waals surface area contributed by atoms with Crippen LogP contribution in [0, 0.1) is 0 Å². The zero-order valence-corrected chi connectivity index (χ0v) is 18.9. The van der Waals surface area contributed by atoms with Crippen LogP contribution >= 0.6 is 0 Å². The van der Waals surface area contributed by atoms with E-state index in [2.05, 4.69) is 24.5 Å². The highest BCUT2D eigenvalue weighted by atomic mass is 32.2. The molecule has 3 heterocycles. The second kappa shape index (κ2) is 7.47. The molecule has 0 saturated heterocycles. The molecule has 1 aliphatic rings. The molecule has 3 aromatic heterocycles. The van der Waals surface area contributed by atoms with Gasteiger partial charge in [0.05, 0.1) is 32.3 Å². The van der Waals surface area contributed by atoms with Crippen LogP contribution in [0.4, 0.5) is 18.9 Å². The number of nitrogens with zero attached hydrogens (tertiary/aromatic N) is 6. The maximum Gasteiger partial charge on any atom is 0.435 e. The Morgan fingerprint density at radius 2 is 1.88 bits per heavy atom. The van der Waals surface area contributed by atoms with Crippen LogP contribution in [0.2, 0.25) is 0 Å². The van der Waals surface area contributed by atoms with Gasteiger partial charge in [-0.25, -0.2) is 22.6 Å². The quantitative estimate of drug-likeness (QED) is 0.541. The summed E-state index contributed by atoms with van der Waals surface area (Å²) in [6.45, 7) is 1.45. The van der Waals surface area contributed by atoms with Crippen molar-refractivity contribution in [3.05, 3.63) is 24.0 Å². The summed E-state index contributed by atoms with van der Waals surface area (Å²) in [5.74, 6) is -0.247. The van der Waals surface area contributed by atoms with Gasteiger partial charge in [0, 0.05) is 24.6 Å². The topological polar surface area (TPSA) is 120 Å². The van der Waals surface area contributed by atoms with Crippen LogP contribution in [0.15, 0.2) is 27.6 Å². The SMILES string of the molecule is CCS(=O)(=O)c1cc(N=S(C)(=O)C2CC2)cnc1-c1nc2cc(C(F)(F)F)nnc2n1C. The average Bonchev–Trinajstić information content (AvgIpc) is 3.52. The number of hydrogen-bond donors (Lipinski definition) is 0. The Morgan fingerprint density at radius 1 is 1.19 bits per heavy atom. The molecule has 4 rings (SSSR count). The van der Waals surface area contributed by atoms with Gasteiger partial charge < -0.3 is 4.57 Å². The molecule has 14 heteroatoms. The van der Waals surface area contributed by atoms with E-state index in [0.717, 1.165) is 18.9 Å². The number of sulfone groups is 1. The van der Waals surface area contributed by atoms with Crippen molar-refractivity contribution in [2.45, 2.75) is 36.1 Å². The van der Waals surface area contributed by atoms with Crippen molar-refractivity contribution >= 4 is 36.4 Å². The minimum atomic E-state index is -4.70. The molecule has 0 amide bonds. The third-order valence-corrected chi connectivity index (χ3v) is 9.13. The summed E-state index contributed by atoms with van der Waals surface area (Å²) in [5.41, 5.74) is -1.19. The van der Waals surface area contributed by atoms with E-state index in [-0.39, 0.29) is 44.3 Å². The van der Waals surface area contributed by atoms with Gasteiger partial charge in [-0.2, -0.15) is 17.5 Å². The van der Waals surface area contributed by atoms with Crippen molar-refractivity contribution in [1.82, 2.24) is 24.7 Å². The number of aromatic nitrogens is 5. The first-order valence-corrected chi connectivity index (χ1v) is 13.2. The van der Waals surface area contributed by atoms with Crippen LogP contribution in [-0.2, 0) is 32.8 Å². The molecule has 0 N–H and O–H groups in total. The van der Waals surface area contributed by atoms with Crippen molar-refractivity contribution in [1.29, 1.82) is 0 Å². The molecule has 1 unspecified atom stereocenters. The summed E-state index contributed by atoms with van der Waals surface area (Å²) >= 11 is 0. The molecular weight excluding hydrogens is 469 g/mol. The van der Waals surface area contributed by atoms with E-state index in [9.17, 15) is 25.8 Å². The maximum absolute atomic E-state index is 13.0. The predicted molar refractivity (Wildman–Crippen MR) is 111 cm³/mol. The van der Waals surface area contributed by atoms with Gasteiger partial charge in [0.2, 0.25) is 0 Å². The number of alkyl halides is 3. The predicted octanol–water partition coefficient (Wildman–Crippen LogP) is 3.13. The lowest BCUT2D eigenvalue weighted by Crippen LogP contribution is -2.10. The van der Waals surface area contributed by atoms with E-state index in [1.54, 1.807) is 0 Å². The van der Waals surface area contributed by atoms with Gasteiger partial charge in [-0.1, -0.05) is 6.92 Å². The molecule has 3 aromatic rings. The first-order valence-electron chi connectivity index (χ1n) is 9.55. The fraction of sp³-hybridized carbons (Fsp3) is 0.444. The van der Waals surface area contributed by atoms with Crippen LogP contribution in [0.3, 0.4) is 0 Å². The molecule has 1 fully saturated rings. The van der Waals surface area contributed by atoms with Crippen LogP contribution in [0.1, 0.15) is 25.5 Å². The number of rotatable bonds is 5. The molecule has 172 valence electrons. The van der Waals surface area contributed by atoms with Gasteiger partial charge in [0.1, 0.15) is 11.2 Å². The standard InChI is InChI=1S/C18H19F3N6O3S2/c1-4-32(29,30)13-7-10(26-31(3,28)11-5-6-11)9-22-15(13)17-23-12-8-14(18(19,20)21)24-25-16(12)27(17)2/h7-9,11H,4-6H2,1-3H3. The molecule has 0 aromatic carbocycles. The highest BCUT2D eigenvalue weighted by Crippen LogP contribution is 2.35. The fourth-order valence-electron chi connectivity index (χ4n) is 3.17. The lowest BCUT2D eigenvalue weighted by molar-refractivity contribution is -0.141. The first kappa shape index (κ1) is 22.6. The van der Waals surface area contributed by atoms with Crippen LogP contribution in [0.5, 0.6) is 0 Å². The largest absolute Gasteiger partial charge is 0.435 e. The number of hydrogen-bond acceptors (Lipinski definition) is 8. The molecule has 1 atom stereocenters. The Hall–Kier alpha value is -2.61. The van der Waals surface area contributed by atoms with Gasteiger partial charge >= 0.3 is 6.18 Å². The minimum Gasteiger partial charge on any atom is -0.309 e. The molecule has 0 spiro atoms. The molecular formula is C18H19F3N6O3S2. The summed E-state index contributed by atoms with van der Waals surface area (Å²) in [4.78, 5) is 8.16. The summed E-state index contributed by atoms with van der Waals surface area (Å²) in [7, 11) is -4.90. The molecule has 32 heavy (non-hydrogen) atoms. The number of halogens is 3. The lowest BCUT2D eigenvalue weighted by Gasteiger charge is -2.10. The smallest absolute Gasteiger partial charge is 0.309 e. The summed E-state index contributed by atoms with van der Waals surface area (Å²) < 4.78 is 82.8. The minimum absolute atomic E-state index is 0.00613. The lowest BCUT2D eigenvalue weighted by atomic mass is 10.3. The number of imidazole rings is 1. The number of aryl methyl sites for hydroxylation is 1. The average molecular weight is 489 g/mol. The van der Waals surface area contributed by atoms with Gasteiger partial charge in [-0.3, -0.25) is 0 Å². The Bertz CT molecular complexity index is 1450. The highest BCUT2D eigenvalue weighted by molar-refractivity contribution is 7.94. The zero-order valence-electron chi connectivity index (χ0n) is 17.3. The van der Waals surface area contributed by atoms with E-state index in [1.165, 1.54) is 37.1 Å². The van der Waals surface area contributed by atoms with Crippen molar-refractivity contribution in [2.75, 3.05) is 12.0 Å². The molecule has 0 aliphatic heterocycles. The van der Waals surface area contributed by atoms with E-state index >= 15 is 0 Å². The van der Waals surface area contributed by atoms with Gasteiger partial charge in [0.25, 0.3) is 0 Å². The highest BCUT2D eigenvalue weighted by Gasteiger charge is 2.34. The Kier molecular flexibility index (Phi) is 5.27. The normalized spacial score (nSPS) is 16.8. The van der Waals surface area contributed by atoms with E-state index in [0.29, 0.717) is 0 Å². The molecule has 1 saturated carbocycles. The fourth-order valence-corrected chi connectivity index (χ4v) is 5.90. The summed E-state index contributed by atoms with van der Waals surface area (Å²) in [5, 5.41) is 6.75. The zero-order chi connectivity index (χ0) is 23.5. The number of fused-ring (bicyclic) bond motifs is 1. The molecule has 9 nitrogen and oxygen atoms in total. The molecule has 0 bridgehead atoms. The van der Waals surface area contributed by atoms with Crippen molar-refractivity contribution < 1.29 is 25.8 Å². The van der Waals surface area contributed by atoms with Crippen LogP contribution in [-0.4, -0.2) is 54.6 Å². The van der Waals surface area contributed by atoms with E-state index in [1.807, 2.05) is 0 Å². The van der Waals surface area contributed by atoms with Crippen molar-refractivity contribution in [3.63, 3.8) is 0 Å². The first-order chi connectivity index (χ1) is 14.8. The van der Waals surface area contributed by atoms with E-state index in [4.69, 9.17) is 0 Å². The Labute approximate surface area is 182 Å². The maximum atomic E-state index is 13.0. The van der Waals surface area contributed by atoms with Gasteiger partial charge in [-0.15, -0.1) is 10.2 Å². The Balaban J connectivity index is 1.92. The van der Waals surface area contributed by atoms with Crippen LogP contribution in [0.25, 0.3) is 22.7 Å². The van der Waals surface area contributed by atoms with Gasteiger partial charge in [0.15, 0.2) is 27.0 Å². The van der Waals surface area contributed by atoms with Gasteiger partial charge in [-0.05, 0) is 18.9 Å². The van der Waals surface area contributed by atoms with Crippen molar-refractivity contribution in [3.8, 4) is 11.5 Å². The summed E-state index contributed by atoms with van der Waals surface area (Å²) in [6.07, 6.45) is -0.306. The third-order valence-electron chi connectivity index (χ3n) is 5.10. The molecule has 0 radical (unpaired) electrons. The van der Waals surface area contributed by atoms with Crippen molar-refractivity contribution in [2.24, 2.45) is 11.4 Å². The number of pyridine rings is 1.